The lowest BCUT2D eigenvalue weighted by molar-refractivity contribution is -0.121. The van der Waals surface area contributed by atoms with Crippen molar-refractivity contribution in [1.29, 1.82) is 0 Å². The topological polar surface area (TPSA) is 59.8 Å². The zero-order chi connectivity index (χ0) is 20.4. The third-order valence-corrected chi connectivity index (χ3v) is 6.25. The van der Waals surface area contributed by atoms with Gasteiger partial charge < -0.3 is 5.32 Å². The van der Waals surface area contributed by atoms with Gasteiger partial charge >= 0.3 is 0 Å². The van der Waals surface area contributed by atoms with Crippen LogP contribution in [0.1, 0.15) is 29.9 Å². The number of hydrogen-bond acceptors (Lipinski definition) is 5. The molecule has 0 saturated carbocycles. The largest absolute Gasteiger partial charge is 0.349 e. The maximum absolute atomic E-state index is 13.2. The van der Waals surface area contributed by atoms with E-state index >= 15 is 0 Å². The van der Waals surface area contributed by atoms with Crippen LogP contribution in [-0.4, -0.2) is 20.7 Å². The molecule has 29 heavy (non-hydrogen) atoms. The van der Waals surface area contributed by atoms with E-state index in [1.54, 1.807) is 45.7 Å². The first-order valence-corrected chi connectivity index (χ1v) is 10.9. The number of benzene rings is 1. The summed E-state index contributed by atoms with van der Waals surface area (Å²) in [6, 6.07) is 7.98. The summed E-state index contributed by atoms with van der Waals surface area (Å²) < 4.78 is 14.9. The third kappa shape index (κ3) is 4.28. The molecule has 0 bridgehead atoms. The third-order valence-electron chi connectivity index (χ3n) is 4.62. The van der Waals surface area contributed by atoms with Crippen LogP contribution in [0.25, 0.3) is 16.3 Å². The van der Waals surface area contributed by atoms with Crippen molar-refractivity contribution in [2.75, 3.05) is 0 Å². The Morgan fingerprint density at radius 2 is 2.03 bits per heavy atom. The number of hydrogen-bond donors (Lipinski definition) is 1. The molecule has 0 aliphatic heterocycles. The van der Waals surface area contributed by atoms with Crippen LogP contribution in [-0.2, 0) is 11.2 Å². The number of thiophene rings is 1. The summed E-state index contributed by atoms with van der Waals surface area (Å²) in [6.07, 6.45) is 1.97. The van der Waals surface area contributed by atoms with Crippen molar-refractivity contribution < 1.29 is 9.18 Å². The number of nitrogens with one attached hydrogen (secondary N) is 1. The van der Waals surface area contributed by atoms with Crippen LogP contribution in [0.2, 0.25) is 0 Å². The van der Waals surface area contributed by atoms with Gasteiger partial charge in [-0.05, 0) is 49.6 Å². The van der Waals surface area contributed by atoms with Crippen molar-refractivity contribution in [3.63, 3.8) is 0 Å². The summed E-state index contributed by atoms with van der Waals surface area (Å²) in [4.78, 5) is 17.1. The van der Waals surface area contributed by atoms with Gasteiger partial charge in [0.25, 0.3) is 0 Å². The lowest BCUT2D eigenvalue weighted by Gasteiger charge is -2.14. The molecule has 8 heteroatoms. The fourth-order valence-corrected chi connectivity index (χ4v) is 4.66. The van der Waals surface area contributed by atoms with E-state index in [2.05, 4.69) is 15.4 Å². The normalized spacial score (nSPS) is 12.1. The van der Waals surface area contributed by atoms with Crippen LogP contribution >= 0.6 is 22.7 Å². The van der Waals surface area contributed by atoms with Crippen molar-refractivity contribution in [3.8, 4) is 16.3 Å². The molecule has 1 unspecified atom stereocenters. The van der Waals surface area contributed by atoms with Crippen LogP contribution in [0.5, 0.6) is 0 Å². The standard InChI is InChI=1S/C21H19FN4OS2/c1-13(19-10-23-26(14(19)2)18-5-3-16(22)4-6-18)24-20(27)9-17-12-29-21(25-17)15-7-8-28-11-15/h3-8,10-13H,9H2,1-2H3,(H,24,27). The summed E-state index contributed by atoms with van der Waals surface area (Å²) in [6.45, 7) is 3.86. The molecule has 3 heterocycles. The van der Waals surface area contributed by atoms with E-state index in [4.69, 9.17) is 0 Å². The molecule has 1 amide bonds. The predicted molar refractivity (Wildman–Crippen MR) is 114 cm³/mol. The van der Waals surface area contributed by atoms with E-state index < -0.39 is 0 Å². The minimum atomic E-state index is -0.288. The second-order valence-electron chi connectivity index (χ2n) is 6.70. The number of carbonyl (C=O) groups excluding carboxylic acids is 1. The van der Waals surface area contributed by atoms with Crippen molar-refractivity contribution in [3.05, 3.63) is 75.4 Å². The molecular weight excluding hydrogens is 407 g/mol. The maximum Gasteiger partial charge on any atom is 0.226 e. The Balaban J connectivity index is 1.42. The molecule has 0 spiro atoms. The quantitative estimate of drug-likeness (QED) is 0.476. The number of amides is 1. The minimum absolute atomic E-state index is 0.0893. The summed E-state index contributed by atoms with van der Waals surface area (Å²) >= 11 is 3.17. The molecule has 3 aromatic heterocycles. The maximum atomic E-state index is 13.2. The number of carbonyl (C=O) groups is 1. The average Bonchev–Trinajstić information content (AvgIpc) is 3.43. The number of halogens is 1. The summed E-state index contributed by atoms with van der Waals surface area (Å²) in [7, 11) is 0. The second kappa shape index (κ2) is 8.26. The van der Waals surface area contributed by atoms with Gasteiger partial charge in [0.2, 0.25) is 5.91 Å². The Bertz CT molecular complexity index is 1120. The van der Waals surface area contributed by atoms with Crippen molar-refractivity contribution >= 4 is 28.6 Å². The minimum Gasteiger partial charge on any atom is -0.349 e. The van der Waals surface area contributed by atoms with E-state index in [1.165, 1.54) is 12.1 Å². The summed E-state index contributed by atoms with van der Waals surface area (Å²) in [5.41, 5.74) is 4.44. The molecule has 4 rings (SSSR count). The molecule has 0 radical (unpaired) electrons. The Kier molecular flexibility index (Phi) is 5.55. The Morgan fingerprint density at radius 1 is 1.24 bits per heavy atom. The Morgan fingerprint density at radius 3 is 2.76 bits per heavy atom. The second-order valence-corrected chi connectivity index (χ2v) is 8.33. The predicted octanol–water partition coefficient (Wildman–Crippen LogP) is 4.92. The molecular formula is C21H19FN4OS2. The van der Waals surface area contributed by atoms with Crippen LogP contribution in [0.4, 0.5) is 4.39 Å². The molecule has 0 fully saturated rings. The van der Waals surface area contributed by atoms with E-state index in [0.29, 0.717) is 0 Å². The Hall–Kier alpha value is -2.84. The van der Waals surface area contributed by atoms with Gasteiger partial charge in [-0.2, -0.15) is 16.4 Å². The molecule has 4 aromatic rings. The first-order valence-electron chi connectivity index (χ1n) is 9.08. The molecule has 0 aliphatic rings. The lowest BCUT2D eigenvalue weighted by atomic mass is 10.1. The number of rotatable bonds is 6. The smallest absolute Gasteiger partial charge is 0.226 e. The van der Waals surface area contributed by atoms with Crippen LogP contribution < -0.4 is 5.32 Å². The fraction of sp³-hybridized carbons (Fsp3) is 0.190. The molecule has 1 N–H and O–H groups in total. The highest BCUT2D eigenvalue weighted by molar-refractivity contribution is 7.14. The zero-order valence-electron chi connectivity index (χ0n) is 15.9. The van der Waals surface area contributed by atoms with Crippen molar-refractivity contribution in [2.24, 2.45) is 0 Å². The highest BCUT2D eigenvalue weighted by atomic mass is 32.1. The molecule has 1 atom stereocenters. The number of nitrogens with zero attached hydrogens (tertiary/aromatic N) is 3. The van der Waals surface area contributed by atoms with E-state index in [-0.39, 0.29) is 24.2 Å². The van der Waals surface area contributed by atoms with Crippen LogP contribution in [0.15, 0.2) is 52.7 Å². The van der Waals surface area contributed by atoms with E-state index in [1.807, 2.05) is 36.1 Å². The van der Waals surface area contributed by atoms with Gasteiger partial charge in [-0.15, -0.1) is 11.3 Å². The first-order chi connectivity index (χ1) is 14.0. The SMILES string of the molecule is Cc1c(C(C)NC(=O)Cc2csc(-c3ccsc3)n2)cnn1-c1ccc(F)cc1. The Labute approximate surface area is 175 Å². The van der Waals surface area contributed by atoms with Gasteiger partial charge in [0.1, 0.15) is 10.8 Å². The van der Waals surface area contributed by atoms with Crippen molar-refractivity contribution in [2.45, 2.75) is 26.3 Å². The fourth-order valence-electron chi connectivity index (χ4n) is 3.13. The molecule has 1 aromatic carbocycles. The zero-order valence-corrected chi connectivity index (χ0v) is 17.6. The first kappa shape index (κ1) is 19.5. The lowest BCUT2D eigenvalue weighted by Crippen LogP contribution is -2.28. The van der Waals surface area contributed by atoms with E-state index in [9.17, 15) is 9.18 Å². The van der Waals surface area contributed by atoms with Gasteiger partial charge in [-0.3, -0.25) is 4.79 Å². The van der Waals surface area contributed by atoms with E-state index in [0.717, 1.165) is 33.2 Å². The van der Waals surface area contributed by atoms with Crippen molar-refractivity contribution in [1.82, 2.24) is 20.1 Å². The molecule has 5 nitrogen and oxygen atoms in total. The van der Waals surface area contributed by atoms with Gasteiger partial charge in [-0.1, -0.05) is 0 Å². The van der Waals surface area contributed by atoms with Gasteiger partial charge in [0.15, 0.2) is 0 Å². The highest BCUT2D eigenvalue weighted by Gasteiger charge is 2.17. The summed E-state index contributed by atoms with van der Waals surface area (Å²) in [5.74, 6) is -0.378. The highest BCUT2D eigenvalue weighted by Crippen LogP contribution is 2.26. The molecule has 0 aliphatic carbocycles. The number of thiazole rings is 1. The summed E-state index contributed by atoms with van der Waals surface area (Å²) in [5, 5.41) is 14.3. The van der Waals surface area contributed by atoms with Crippen LogP contribution in [0, 0.1) is 12.7 Å². The van der Waals surface area contributed by atoms with Crippen LogP contribution in [0.3, 0.4) is 0 Å². The van der Waals surface area contributed by atoms with Gasteiger partial charge in [0, 0.05) is 27.6 Å². The van der Waals surface area contributed by atoms with Gasteiger partial charge in [-0.25, -0.2) is 14.1 Å². The molecule has 148 valence electrons. The number of aromatic nitrogens is 3. The molecule has 0 saturated heterocycles. The monoisotopic (exact) mass is 426 g/mol. The van der Waals surface area contributed by atoms with Gasteiger partial charge in [0.05, 0.1) is 30.0 Å². The average molecular weight is 427 g/mol.